The molecule has 1 rings (SSSR count). The number of hydrogen-bond acceptors (Lipinski definition) is 4. The van der Waals surface area contributed by atoms with Crippen molar-refractivity contribution in [3.8, 4) is 6.07 Å². The van der Waals surface area contributed by atoms with E-state index < -0.39 is 5.97 Å². The standard InChI is InChI=1S/C11H9NO3/c1-7(13)8-3-4-9(6-12)10(5-8)11(14)15-2/h3-5H,1-2H3. The van der Waals surface area contributed by atoms with Crippen molar-refractivity contribution in [2.75, 3.05) is 7.11 Å². The quantitative estimate of drug-likeness (QED) is 0.540. The normalized spacial score (nSPS) is 9.13. The Morgan fingerprint density at radius 1 is 1.40 bits per heavy atom. The molecule has 4 heteroatoms. The third-order valence-corrected chi connectivity index (χ3v) is 1.95. The van der Waals surface area contributed by atoms with E-state index in [0.29, 0.717) is 5.56 Å². The Bertz CT molecular complexity index is 457. The maximum absolute atomic E-state index is 11.3. The molecule has 0 aliphatic rings. The lowest BCUT2D eigenvalue weighted by Gasteiger charge is -2.03. The van der Waals surface area contributed by atoms with Crippen molar-refractivity contribution in [2.24, 2.45) is 0 Å². The number of ether oxygens (including phenoxy) is 1. The average Bonchev–Trinajstić information content (AvgIpc) is 2.27. The van der Waals surface area contributed by atoms with E-state index in [0.717, 1.165) is 0 Å². The summed E-state index contributed by atoms with van der Waals surface area (Å²) in [4.78, 5) is 22.4. The fourth-order valence-electron chi connectivity index (χ4n) is 1.14. The molecule has 15 heavy (non-hydrogen) atoms. The third-order valence-electron chi connectivity index (χ3n) is 1.95. The average molecular weight is 203 g/mol. The van der Waals surface area contributed by atoms with Crippen molar-refractivity contribution in [2.45, 2.75) is 6.92 Å². The molecule has 0 aliphatic carbocycles. The summed E-state index contributed by atoms with van der Waals surface area (Å²) in [6.45, 7) is 1.39. The van der Waals surface area contributed by atoms with Gasteiger partial charge < -0.3 is 4.74 Å². The first kappa shape index (κ1) is 10.9. The van der Waals surface area contributed by atoms with Gasteiger partial charge in [0.25, 0.3) is 0 Å². The van der Waals surface area contributed by atoms with Gasteiger partial charge >= 0.3 is 5.97 Å². The maximum Gasteiger partial charge on any atom is 0.339 e. The number of carbonyl (C=O) groups excluding carboxylic acids is 2. The van der Waals surface area contributed by atoms with E-state index in [1.807, 2.05) is 6.07 Å². The zero-order valence-electron chi connectivity index (χ0n) is 8.40. The highest BCUT2D eigenvalue weighted by Crippen LogP contribution is 2.13. The van der Waals surface area contributed by atoms with Crippen LogP contribution in [-0.2, 0) is 4.74 Å². The molecule has 0 spiro atoms. The SMILES string of the molecule is COC(=O)c1cc(C(C)=O)ccc1C#N. The Balaban J connectivity index is 3.33. The van der Waals surface area contributed by atoms with E-state index in [-0.39, 0.29) is 16.9 Å². The first-order valence-electron chi connectivity index (χ1n) is 4.23. The molecule has 0 aliphatic heterocycles. The molecule has 0 bridgehead atoms. The Labute approximate surface area is 87.1 Å². The van der Waals surface area contributed by atoms with Gasteiger partial charge in [0, 0.05) is 5.56 Å². The van der Waals surface area contributed by atoms with Crippen molar-refractivity contribution in [3.63, 3.8) is 0 Å². The topological polar surface area (TPSA) is 67.2 Å². The molecule has 0 saturated carbocycles. The van der Waals surface area contributed by atoms with Crippen molar-refractivity contribution in [1.29, 1.82) is 5.26 Å². The van der Waals surface area contributed by atoms with E-state index in [1.54, 1.807) is 0 Å². The van der Waals surface area contributed by atoms with Crippen LogP contribution in [0.4, 0.5) is 0 Å². The number of nitriles is 1. The van der Waals surface area contributed by atoms with Gasteiger partial charge in [-0.15, -0.1) is 0 Å². The lowest BCUT2D eigenvalue weighted by atomic mass is 10.0. The van der Waals surface area contributed by atoms with Crippen molar-refractivity contribution >= 4 is 11.8 Å². The van der Waals surface area contributed by atoms with Crippen molar-refractivity contribution in [3.05, 3.63) is 34.9 Å². The largest absolute Gasteiger partial charge is 0.465 e. The first-order valence-corrected chi connectivity index (χ1v) is 4.23. The zero-order chi connectivity index (χ0) is 11.4. The number of esters is 1. The summed E-state index contributed by atoms with van der Waals surface area (Å²) in [5.41, 5.74) is 0.703. The van der Waals surface area contributed by atoms with Crippen LogP contribution < -0.4 is 0 Å². The summed E-state index contributed by atoms with van der Waals surface area (Å²) in [5, 5.41) is 8.75. The minimum Gasteiger partial charge on any atom is -0.465 e. The van der Waals surface area contributed by atoms with Crippen LogP contribution in [0.15, 0.2) is 18.2 Å². The first-order chi connectivity index (χ1) is 7.10. The Morgan fingerprint density at radius 3 is 2.53 bits per heavy atom. The second-order valence-corrected chi connectivity index (χ2v) is 2.92. The number of rotatable bonds is 2. The molecule has 0 saturated heterocycles. The monoisotopic (exact) mass is 203 g/mol. The lowest BCUT2D eigenvalue weighted by Crippen LogP contribution is -2.06. The summed E-state index contributed by atoms with van der Waals surface area (Å²) < 4.78 is 4.51. The van der Waals surface area contributed by atoms with Gasteiger partial charge in [-0.25, -0.2) is 4.79 Å². The predicted molar refractivity (Wildman–Crippen MR) is 52.5 cm³/mol. The van der Waals surface area contributed by atoms with Crippen LogP contribution >= 0.6 is 0 Å². The smallest absolute Gasteiger partial charge is 0.339 e. The van der Waals surface area contributed by atoms with E-state index >= 15 is 0 Å². The van der Waals surface area contributed by atoms with Crippen LogP contribution in [0, 0.1) is 11.3 Å². The summed E-state index contributed by atoms with van der Waals surface area (Å²) in [5.74, 6) is -0.778. The molecule has 0 aromatic heterocycles. The number of methoxy groups -OCH3 is 1. The second-order valence-electron chi connectivity index (χ2n) is 2.92. The number of nitrogens with zero attached hydrogens (tertiary/aromatic N) is 1. The highest BCUT2D eigenvalue weighted by atomic mass is 16.5. The molecule has 0 heterocycles. The van der Waals surface area contributed by atoms with Crippen LogP contribution in [-0.4, -0.2) is 18.9 Å². The molecule has 0 N–H and O–H groups in total. The van der Waals surface area contributed by atoms with E-state index in [9.17, 15) is 9.59 Å². The summed E-state index contributed by atoms with van der Waals surface area (Å²) in [6, 6.07) is 6.17. The molecule has 0 amide bonds. The predicted octanol–water partition coefficient (Wildman–Crippen LogP) is 1.55. The van der Waals surface area contributed by atoms with Gasteiger partial charge in [0.15, 0.2) is 5.78 Å². The van der Waals surface area contributed by atoms with Gasteiger partial charge in [-0.2, -0.15) is 5.26 Å². The van der Waals surface area contributed by atoms with Crippen LogP contribution in [0.2, 0.25) is 0 Å². The summed E-state index contributed by atoms with van der Waals surface area (Å²) in [6.07, 6.45) is 0. The van der Waals surface area contributed by atoms with Crippen LogP contribution in [0.25, 0.3) is 0 Å². The lowest BCUT2D eigenvalue weighted by molar-refractivity contribution is 0.0600. The van der Waals surface area contributed by atoms with E-state index in [2.05, 4.69) is 4.74 Å². The fourth-order valence-corrected chi connectivity index (χ4v) is 1.14. The number of Topliss-reactive ketones (excluding diaryl/α,β-unsaturated/α-hetero) is 1. The number of carbonyl (C=O) groups is 2. The minimum atomic E-state index is -0.616. The molecule has 0 unspecified atom stereocenters. The van der Waals surface area contributed by atoms with Crippen molar-refractivity contribution < 1.29 is 14.3 Å². The molecule has 0 fully saturated rings. The molecule has 1 aromatic carbocycles. The van der Waals surface area contributed by atoms with Gasteiger partial charge in [-0.05, 0) is 19.1 Å². The molecule has 0 atom stereocenters. The van der Waals surface area contributed by atoms with E-state index in [1.165, 1.54) is 32.2 Å². The molecular formula is C11H9NO3. The van der Waals surface area contributed by atoms with Gasteiger partial charge in [0.1, 0.15) is 6.07 Å². The minimum absolute atomic E-state index is 0.118. The Morgan fingerprint density at radius 2 is 2.07 bits per heavy atom. The molecular weight excluding hydrogens is 194 g/mol. The molecule has 4 nitrogen and oxygen atoms in total. The highest BCUT2D eigenvalue weighted by Gasteiger charge is 2.13. The number of ketones is 1. The summed E-state index contributed by atoms with van der Waals surface area (Å²) in [7, 11) is 1.23. The molecule has 1 aromatic rings. The van der Waals surface area contributed by atoms with Crippen LogP contribution in [0.5, 0.6) is 0 Å². The van der Waals surface area contributed by atoms with Crippen LogP contribution in [0.3, 0.4) is 0 Å². The molecule has 0 radical (unpaired) electrons. The third kappa shape index (κ3) is 2.20. The highest BCUT2D eigenvalue weighted by molar-refractivity contribution is 5.99. The van der Waals surface area contributed by atoms with Gasteiger partial charge in [-0.1, -0.05) is 6.07 Å². The number of hydrogen-bond donors (Lipinski definition) is 0. The van der Waals surface area contributed by atoms with Gasteiger partial charge in [0.05, 0.1) is 18.2 Å². The Hall–Kier alpha value is -2.15. The second kappa shape index (κ2) is 4.38. The van der Waals surface area contributed by atoms with Gasteiger partial charge in [-0.3, -0.25) is 4.79 Å². The Kier molecular flexibility index (Phi) is 3.19. The van der Waals surface area contributed by atoms with Gasteiger partial charge in [0.2, 0.25) is 0 Å². The molecule has 76 valence electrons. The maximum atomic E-state index is 11.3. The number of benzene rings is 1. The summed E-state index contributed by atoms with van der Waals surface area (Å²) >= 11 is 0. The zero-order valence-corrected chi connectivity index (χ0v) is 8.40. The van der Waals surface area contributed by atoms with E-state index in [4.69, 9.17) is 5.26 Å². The fraction of sp³-hybridized carbons (Fsp3) is 0.182. The van der Waals surface area contributed by atoms with Crippen molar-refractivity contribution in [1.82, 2.24) is 0 Å². The van der Waals surface area contributed by atoms with Crippen LogP contribution in [0.1, 0.15) is 33.2 Å².